The van der Waals surface area contributed by atoms with Gasteiger partial charge in [-0.25, -0.2) is 0 Å². The van der Waals surface area contributed by atoms with E-state index < -0.39 is 0 Å². The number of nitrogens with one attached hydrogen (secondary N) is 1. The van der Waals surface area contributed by atoms with Crippen LogP contribution in [-0.2, 0) is 6.42 Å². The lowest BCUT2D eigenvalue weighted by Gasteiger charge is -2.20. The number of carbonyl (C=O) groups excluding carboxylic acids is 1. The van der Waals surface area contributed by atoms with Crippen LogP contribution in [0.3, 0.4) is 0 Å². The molecule has 0 radical (unpaired) electrons. The van der Waals surface area contributed by atoms with Gasteiger partial charge in [0.25, 0.3) is 5.91 Å². The smallest absolute Gasteiger partial charge is 0.267 e. The van der Waals surface area contributed by atoms with Crippen LogP contribution in [0.1, 0.15) is 53.2 Å². The van der Waals surface area contributed by atoms with Gasteiger partial charge in [-0.3, -0.25) is 10.1 Å². The molecule has 3 rings (SSSR count). The van der Waals surface area contributed by atoms with Gasteiger partial charge in [-0.05, 0) is 23.8 Å². The number of nitrogens with zero attached hydrogens (tertiary/aromatic N) is 2. The SMILES string of the molecule is O=C(Nc1nnc(CCC2CCCCC2)s1)c1cccs1. The van der Waals surface area contributed by atoms with Crippen molar-refractivity contribution in [2.24, 2.45) is 5.92 Å². The second kappa shape index (κ2) is 7.13. The van der Waals surface area contributed by atoms with Crippen molar-refractivity contribution in [3.8, 4) is 0 Å². The first kappa shape index (κ1) is 14.7. The molecule has 0 aliphatic heterocycles. The molecule has 0 atom stereocenters. The Morgan fingerprint density at radius 2 is 2.14 bits per heavy atom. The van der Waals surface area contributed by atoms with Crippen molar-refractivity contribution in [2.45, 2.75) is 44.9 Å². The zero-order chi connectivity index (χ0) is 14.5. The van der Waals surface area contributed by atoms with E-state index in [2.05, 4.69) is 15.5 Å². The van der Waals surface area contributed by atoms with E-state index in [-0.39, 0.29) is 5.91 Å². The van der Waals surface area contributed by atoms with Crippen LogP contribution in [-0.4, -0.2) is 16.1 Å². The molecular weight excluding hydrogens is 302 g/mol. The van der Waals surface area contributed by atoms with E-state index in [0.717, 1.165) is 17.3 Å². The summed E-state index contributed by atoms with van der Waals surface area (Å²) >= 11 is 2.93. The molecule has 4 nitrogen and oxygen atoms in total. The van der Waals surface area contributed by atoms with Crippen LogP contribution in [0, 0.1) is 5.92 Å². The standard InChI is InChI=1S/C15H19N3OS2/c19-14(12-7-4-10-20-12)16-15-18-17-13(21-15)9-8-11-5-2-1-3-6-11/h4,7,10-11H,1-3,5-6,8-9H2,(H,16,18,19). The monoisotopic (exact) mass is 321 g/mol. The lowest BCUT2D eigenvalue weighted by atomic mass is 9.86. The van der Waals surface area contributed by atoms with Gasteiger partial charge in [0.15, 0.2) is 0 Å². The molecule has 112 valence electrons. The first-order valence-corrected chi connectivity index (χ1v) is 9.18. The molecule has 1 saturated carbocycles. The molecule has 2 heterocycles. The summed E-state index contributed by atoms with van der Waals surface area (Å²) in [5.41, 5.74) is 0. The molecule has 0 aromatic carbocycles. The predicted octanol–water partition coefficient (Wildman–Crippen LogP) is 4.36. The molecule has 0 bridgehead atoms. The third-order valence-electron chi connectivity index (χ3n) is 3.92. The predicted molar refractivity (Wildman–Crippen MR) is 87.1 cm³/mol. The number of hydrogen-bond donors (Lipinski definition) is 1. The van der Waals surface area contributed by atoms with Crippen molar-refractivity contribution < 1.29 is 4.79 Å². The van der Waals surface area contributed by atoms with E-state index in [0.29, 0.717) is 10.0 Å². The molecule has 21 heavy (non-hydrogen) atoms. The van der Waals surface area contributed by atoms with E-state index in [9.17, 15) is 4.79 Å². The Kier molecular flexibility index (Phi) is 4.98. The first-order chi connectivity index (χ1) is 10.3. The molecule has 0 spiro atoms. The van der Waals surface area contributed by atoms with Crippen molar-refractivity contribution in [2.75, 3.05) is 5.32 Å². The summed E-state index contributed by atoms with van der Waals surface area (Å²) in [7, 11) is 0. The molecule has 1 N–H and O–H groups in total. The van der Waals surface area contributed by atoms with E-state index in [1.807, 2.05) is 17.5 Å². The van der Waals surface area contributed by atoms with Crippen LogP contribution in [0.4, 0.5) is 5.13 Å². The van der Waals surface area contributed by atoms with Crippen molar-refractivity contribution in [3.05, 3.63) is 27.4 Å². The number of amides is 1. The molecule has 1 fully saturated rings. The fourth-order valence-electron chi connectivity index (χ4n) is 2.78. The number of thiophene rings is 1. The van der Waals surface area contributed by atoms with Crippen LogP contribution in [0.15, 0.2) is 17.5 Å². The second-order valence-corrected chi connectivity index (χ2v) is 7.48. The van der Waals surface area contributed by atoms with Gasteiger partial charge in [-0.15, -0.1) is 21.5 Å². The number of anilines is 1. The fourth-order valence-corrected chi connectivity index (χ4v) is 4.14. The number of hydrogen-bond acceptors (Lipinski definition) is 5. The van der Waals surface area contributed by atoms with E-state index in [1.54, 1.807) is 0 Å². The Morgan fingerprint density at radius 1 is 1.29 bits per heavy atom. The van der Waals surface area contributed by atoms with E-state index >= 15 is 0 Å². The lowest BCUT2D eigenvalue weighted by molar-refractivity contribution is 0.103. The van der Waals surface area contributed by atoms with Crippen molar-refractivity contribution in [1.82, 2.24) is 10.2 Å². The van der Waals surface area contributed by atoms with Crippen LogP contribution >= 0.6 is 22.7 Å². The average molecular weight is 321 g/mol. The molecular formula is C15H19N3OS2. The highest BCUT2D eigenvalue weighted by atomic mass is 32.1. The van der Waals surface area contributed by atoms with Crippen molar-refractivity contribution >= 4 is 33.7 Å². The largest absolute Gasteiger partial charge is 0.296 e. The number of aryl methyl sites for hydroxylation is 1. The van der Waals surface area contributed by atoms with Crippen LogP contribution < -0.4 is 5.32 Å². The number of carbonyl (C=O) groups is 1. The van der Waals surface area contributed by atoms with Crippen molar-refractivity contribution in [1.29, 1.82) is 0 Å². The maximum absolute atomic E-state index is 11.9. The molecule has 1 aliphatic rings. The highest BCUT2D eigenvalue weighted by Crippen LogP contribution is 2.28. The Balaban J connectivity index is 1.50. The minimum atomic E-state index is -0.0972. The normalized spacial score (nSPS) is 16.0. The van der Waals surface area contributed by atoms with Crippen molar-refractivity contribution in [3.63, 3.8) is 0 Å². The summed E-state index contributed by atoms with van der Waals surface area (Å²) in [4.78, 5) is 12.6. The second-order valence-electron chi connectivity index (χ2n) is 5.48. The topological polar surface area (TPSA) is 54.9 Å². The minimum absolute atomic E-state index is 0.0972. The van der Waals surface area contributed by atoms with Gasteiger partial charge in [0.1, 0.15) is 5.01 Å². The molecule has 1 aliphatic carbocycles. The third-order valence-corrected chi connectivity index (χ3v) is 5.69. The Morgan fingerprint density at radius 3 is 2.90 bits per heavy atom. The van der Waals surface area contributed by atoms with Crippen LogP contribution in [0.25, 0.3) is 0 Å². The summed E-state index contributed by atoms with van der Waals surface area (Å²) in [5, 5.41) is 14.6. The van der Waals surface area contributed by atoms with Gasteiger partial charge < -0.3 is 0 Å². The first-order valence-electron chi connectivity index (χ1n) is 7.48. The summed E-state index contributed by atoms with van der Waals surface area (Å²) < 4.78 is 0. The number of rotatable bonds is 5. The highest BCUT2D eigenvalue weighted by molar-refractivity contribution is 7.15. The van der Waals surface area contributed by atoms with Gasteiger partial charge in [0, 0.05) is 6.42 Å². The molecule has 2 aromatic heterocycles. The zero-order valence-electron chi connectivity index (χ0n) is 11.9. The van der Waals surface area contributed by atoms with Crippen LogP contribution in [0.5, 0.6) is 0 Å². The zero-order valence-corrected chi connectivity index (χ0v) is 13.5. The van der Waals surface area contributed by atoms with E-state index in [1.165, 1.54) is 61.2 Å². The van der Waals surface area contributed by atoms with Gasteiger partial charge in [0.05, 0.1) is 4.88 Å². The molecule has 2 aromatic rings. The molecule has 0 unspecified atom stereocenters. The minimum Gasteiger partial charge on any atom is -0.296 e. The van der Waals surface area contributed by atoms with Gasteiger partial charge >= 0.3 is 0 Å². The summed E-state index contributed by atoms with van der Waals surface area (Å²) in [6, 6.07) is 3.68. The third kappa shape index (κ3) is 4.11. The van der Waals surface area contributed by atoms with Gasteiger partial charge in [0.2, 0.25) is 5.13 Å². The molecule has 1 amide bonds. The Bertz CT molecular complexity index is 574. The molecule has 0 saturated heterocycles. The number of aromatic nitrogens is 2. The van der Waals surface area contributed by atoms with Crippen LogP contribution in [0.2, 0.25) is 0 Å². The van der Waals surface area contributed by atoms with Gasteiger partial charge in [-0.1, -0.05) is 49.5 Å². The summed E-state index contributed by atoms with van der Waals surface area (Å²) in [6.45, 7) is 0. The Labute approximate surface area is 132 Å². The maximum Gasteiger partial charge on any atom is 0.267 e. The van der Waals surface area contributed by atoms with Gasteiger partial charge in [-0.2, -0.15) is 0 Å². The molecule has 6 heteroatoms. The lowest BCUT2D eigenvalue weighted by Crippen LogP contribution is -2.09. The van der Waals surface area contributed by atoms with E-state index in [4.69, 9.17) is 0 Å². The fraction of sp³-hybridized carbons (Fsp3) is 0.533. The highest BCUT2D eigenvalue weighted by Gasteiger charge is 2.15. The maximum atomic E-state index is 11.9. The summed E-state index contributed by atoms with van der Waals surface area (Å²) in [5.74, 6) is 0.756. The quantitative estimate of drug-likeness (QED) is 0.890. The summed E-state index contributed by atoms with van der Waals surface area (Å²) in [6.07, 6.45) is 9.06. The Hall–Kier alpha value is -1.27. The average Bonchev–Trinajstić information content (AvgIpc) is 3.18.